The summed E-state index contributed by atoms with van der Waals surface area (Å²) in [6, 6.07) is 9.65. The molecule has 0 spiro atoms. The quantitative estimate of drug-likeness (QED) is 0.134. The Morgan fingerprint density at radius 2 is 1.48 bits per heavy atom. The number of carbonyl (C=O) groups is 1. The van der Waals surface area contributed by atoms with Crippen molar-refractivity contribution in [1.82, 2.24) is 0 Å². The van der Waals surface area contributed by atoms with E-state index >= 15 is 0 Å². The third-order valence-electron chi connectivity index (χ3n) is 5.40. The van der Waals surface area contributed by atoms with Gasteiger partial charge < -0.3 is 4.74 Å². The molecule has 0 N–H and O–H groups in total. The molecule has 0 amide bonds. The minimum atomic E-state index is -1.66. The molecular formula is C24H40O4P+. The van der Waals surface area contributed by atoms with Crippen molar-refractivity contribution in [3.63, 3.8) is 0 Å². The van der Waals surface area contributed by atoms with Crippen LogP contribution in [0, 0.1) is 0 Å². The minimum Gasteiger partial charge on any atom is -0.363 e. The van der Waals surface area contributed by atoms with E-state index in [0.29, 0.717) is 25.6 Å². The summed E-state index contributed by atoms with van der Waals surface area (Å²) in [6.07, 6.45) is 15.2. The topological polar surface area (TPSA) is 52.6 Å². The zero-order valence-electron chi connectivity index (χ0n) is 18.4. The van der Waals surface area contributed by atoms with Crippen molar-refractivity contribution in [2.24, 2.45) is 0 Å². The molecule has 1 rings (SSSR count). The Labute approximate surface area is 178 Å². The van der Waals surface area contributed by atoms with Gasteiger partial charge in [-0.15, -0.1) is 4.52 Å². The van der Waals surface area contributed by atoms with E-state index in [9.17, 15) is 9.36 Å². The molecule has 0 bridgehead atoms. The molecule has 0 radical (unpaired) electrons. The second-order valence-corrected chi connectivity index (χ2v) is 9.22. The summed E-state index contributed by atoms with van der Waals surface area (Å²) in [5.74, 6) is 0. The average molecular weight is 424 g/mol. The summed E-state index contributed by atoms with van der Waals surface area (Å²) in [4.78, 5) is 12.1. The van der Waals surface area contributed by atoms with Gasteiger partial charge in [0, 0.05) is 6.61 Å². The highest BCUT2D eigenvalue weighted by Crippen LogP contribution is 2.32. The van der Waals surface area contributed by atoms with Crippen LogP contribution in [0.15, 0.2) is 30.3 Å². The Hall–Kier alpha value is -1.09. The summed E-state index contributed by atoms with van der Waals surface area (Å²) in [5.41, 5.74) is -0.0838. The van der Waals surface area contributed by atoms with E-state index in [4.69, 9.17) is 9.26 Å². The Morgan fingerprint density at radius 3 is 2.03 bits per heavy atom. The maximum atomic E-state index is 12.1. The SMILES string of the molecule is CCCCCCCCCCCCOC(C=O)(CCC[P+](=O)OC)c1ccccc1. The van der Waals surface area contributed by atoms with E-state index in [0.717, 1.165) is 24.7 Å². The van der Waals surface area contributed by atoms with Crippen LogP contribution in [0.4, 0.5) is 0 Å². The average Bonchev–Trinajstić information content (AvgIpc) is 2.76. The Kier molecular flexibility index (Phi) is 14.9. The molecule has 2 atom stereocenters. The largest absolute Gasteiger partial charge is 0.507 e. The van der Waals surface area contributed by atoms with Gasteiger partial charge in [-0.1, -0.05) is 95.0 Å². The van der Waals surface area contributed by atoms with Crippen LogP contribution >= 0.6 is 8.03 Å². The molecule has 1 aromatic carbocycles. The highest BCUT2D eigenvalue weighted by atomic mass is 31.1. The van der Waals surface area contributed by atoms with Crippen LogP contribution in [-0.2, 0) is 24.2 Å². The first kappa shape index (κ1) is 25.9. The van der Waals surface area contributed by atoms with Gasteiger partial charge in [-0.25, -0.2) is 0 Å². The first-order valence-corrected chi connectivity index (χ1v) is 12.7. The van der Waals surface area contributed by atoms with Crippen molar-refractivity contribution in [2.45, 2.75) is 89.6 Å². The first-order valence-electron chi connectivity index (χ1n) is 11.3. The maximum absolute atomic E-state index is 12.1. The fourth-order valence-electron chi connectivity index (χ4n) is 3.59. The van der Waals surface area contributed by atoms with Gasteiger partial charge in [0.1, 0.15) is 5.60 Å². The van der Waals surface area contributed by atoms with Gasteiger partial charge in [0.05, 0.1) is 7.11 Å². The lowest BCUT2D eigenvalue weighted by molar-refractivity contribution is -0.134. The Morgan fingerprint density at radius 1 is 0.897 bits per heavy atom. The van der Waals surface area contributed by atoms with E-state index in [1.54, 1.807) is 0 Å². The molecule has 0 aromatic heterocycles. The predicted molar refractivity (Wildman–Crippen MR) is 121 cm³/mol. The molecule has 5 heteroatoms. The summed E-state index contributed by atoms with van der Waals surface area (Å²) in [7, 11) is -0.208. The van der Waals surface area contributed by atoms with Gasteiger partial charge in [-0.05, 0) is 29.4 Å². The number of hydrogen-bond donors (Lipinski definition) is 0. The number of ether oxygens (including phenoxy) is 1. The van der Waals surface area contributed by atoms with Crippen LogP contribution in [0.2, 0.25) is 0 Å². The number of carbonyl (C=O) groups excluding carboxylic acids is 1. The lowest BCUT2D eigenvalue weighted by atomic mass is 9.90. The van der Waals surface area contributed by atoms with Gasteiger partial charge in [-0.3, -0.25) is 4.79 Å². The van der Waals surface area contributed by atoms with Gasteiger partial charge in [0.2, 0.25) is 0 Å². The molecule has 0 saturated heterocycles. The summed E-state index contributed by atoms with van der Waals surface area (Å²) >= 11 is 0. The number of rotatable bonds is 19. The van der Waals surface area contributed by atoms with Gasteiger partial charge in [0.25, 0.3) is 0 Å². The summed E-state index contributed by atoms with van der Waals surface area (Å²) in [5, 5.41) is 0. The van der Waals surface area contributed by atoms with Crippen LogP contribution in [0.5, 0.6) is 0 Å². The Bertz CT molecular complexity index is 549. The van der Waals surface area contributed by atoms with Crippen LogP contribution in [-0.4, -0.2) is 26.2 Å². The van der Waals surface area contributed by atoms with E-state index in [2.05, 4.69) is 6.92 Å². The van der Waals surface area contributed by atoms with Crippen molar-refractivity contribution in [3.05, 3.63) is 35.9 Å². The van der Waals surface area contributed by atoms with E-state index in [1.807, 2.05) is 30.3 Å². The molecule has 2 unspecified atom stereocenters. The fraction of sp³-hybridized carbons (Fsp3) is 0.708. The van der Waals surface area contributed by atoms with Crippen molar-refractivity contribution < 1.29 is 18.6 Å². The highest BCUT2D eigenvalue weighted by Gasteiger charge is 2.33. The molecule has 0 fully saturated rings. The lowest BCUT2D eigenvalue weighted by Gasteiger charge is -2.28. The predicted octanol–water partition coefficient (Wildman–Crippen LogP) is 7.19. The highest BCUT2D eigenvalue weighted by molar-refractivity contribution is 7.39. The molecule has 164 valence electrons. The Balaban J connectivity index is 2.38. The zero-order valence-corrected chi connectivity index (χ0v) is 19.3. The molecule has 0 aliphatic heterocycles. The monoisotopic (exact) mass is 423 g/mol. The zero-order chi connectivity index (χ0) is 21.2. The van der Waals surface area contributed by atoms with Crippen molar-refractivity contribution in [3.8, 4) is 0 Å². The fourth-order valence-corrected chi connectivity index (χ4v) is 4.19. The number of hydrogen-bond acceptors (Lipinski definition) is 4. The summed E-state index contributed by atoms with van der Waals surface area (Å²) in [6.45, 7) is 2.82. The second kappa shape index (κ2) is 16.7. The van der Waals surface area contributed by atoms with Crippen LogP contribution < -0.4 is 0 Å². The second-order valence-electron chi connectivity index (χ2n) is 7.75. The standard InChI is InChI=1S/C24H40O4P/c1-3-4-5-6-7-8-9-10-11-15-20-28-24(22-25,19-16-21-29(26)27-2)23-17-13-12-14-18-23/h12-14,17-18,22H,3-11,15-16,19-21H2,1-2H3/q+1. The third kappa shape index (κ3) is 11.0. The number of benzene rings is 1. The smallest absolute Gasteiger partial charge is 0.363 e. The minimum absolute atomic E-state index is 0.440. The van der Waals surface area contributed by atoms with Crippen molar-refractivity contribution >= 4 is 14.3 Å². The molecular weight excluding hydrogens is 383 g/mol. The maximum Gasteiger partial charge on any atom is 0.507 e. The van der Waals surface area contributed by atoms with Gasteiger partial charge in [0.15, 0.2) is 12.4 Å². The molecule has 0 heterocycles. The van der Waals surface area contributed by atoms with Crippen molar-refractivity contribution in [2.75, 3.05) is 19.9 Å². The van der Waals surface area contributed by atoms with Crippen LogP contribution in [0.3, 0.4) is 0 Å². The summed E-state index contributed by atoms with van der Waals surface area (Å²) < 4.78 is 22.6. The number of unbranched alkanes of at least 4 members (excludes halogenated alkanes) is 9. The molecule has 0 aliphatic rings. The van der Waals surface area contributed by atoms with Crippen molar-refractivity contribution in [1.29, 1.82) is 0 Å². The molecule has 4 nitrogen and oxygen atoms in total. The third-order valence-corrected chi connectivity index (χ3v) is 6.49. The van der Waals surface area contributed by atoms with Gasteiger partial charge >= 0.3 is 8.03 Å². The normalized spacial score (nSPS) is 13.8. The first-order chi connectivity index (χ1) is 14.2. The van der Waals surface area contributed by atoms with E-state index < -0.39 is 13.6 Å². The molecule has 0 aliphatic carbocycles. The van der Waals surface area contributed by atoms with E-state index in [-0.39, 0.29) is 0 Å². The molecule has 0 saturated carbocycles. The van der Waals surface area contributed by atoms with Gasteiger partial charge in [-0.2, -0.15) is 0 Å². The molecule has 1 aromatic rings. The number of aldehydes is 1. The van der Waals surface area contributed by atoms with Crippen LogP contribution in [0.1, 0.15) is 89.5 Å². The van der Waals surface area contributed by atoms with E-state index in [1.165, 1.54) is 58.5 Å². The van der Waals surface area contributed by atoms with Crippen LogP contribution in [0.25, 0.3) is 0 Å². The molecule has 29 heavy (non-hydrogen) atoms. The lowest BCUT2D eigenvalue weighted by Crippen LogP contribution is -2.32.